The Hall–Kier alpha value is -7.24. The average Bonchev–Trinajstić information content (AvgIpc) is 3.92. The van der Waals surface area contributed by atoms with Crippen molar-refractivity contribution < 1.29 is 24.5 Å². The predicted molar refractivity (Wildman–Crippen MR) is 284 cm³/mol. The molecular formula is C63H52IrN4O-2. The van der Waals surface area contributed by atoms with Crippen molar-refractivity contribution in [3.8, 4) is 39.6 Å². The number of benzene rings is 9. The van der Waals surface area contributed by atoms with Crippen molar-refractivity contribution in [3.63, 3.8) is 0 Å². The summed E-state index contributed by atoms with van der Waals surface area (Å²) in [6.07, 6.45) is 1.81. The van der Waals surface area contributed by atoms with Crippen LogP contribution in [0, 0.1) is 12.1 Å². The second-order valence-electron chi connectivity index (χ2n) is 19.5. The van der Waals surface area contributed by atoms with E-state index in [0.717, 1.165) is 61.4 Å². The fourth-order valence-corrected chi connectivity index (χ4v) is 9.62. The summed E-state index contributed by atoms with van der Waals surface area (Å²) in [5.41, 5.74) is 12.8. The third-order valence-corrected chi connectivity index (χ3v) is 13.2. The molecule has 0 aliphatic rings. The summed E-state index contributed by atoms with van der Waals surface area (Å²) >= 11 is 0. The van der Waals surface area contributed by atoms with E-state index >= 15 is 0 Å². The Morgan fingerprint density at radius 2 is 1.23 bits per heavy atom. The molecule has 0 aliphatic carbocycles. The maximum absolute atomic E-state index is 6.91. The van der Waals surface area contributed by atoms with Crippen LogP contribution in [0.15, 0.2) is 180 Å². The Morgan fingerprint density at radius 3 is 1.94 bits per heavy atom. The van der Waals surface area contributed by atoms with Crippen molar-refractivity contribution in [1.29, 1.82) is 0 Å². The van der Waals surface area contributed by atoms with Gasteiger partial charge in [-0.25, -0.2) is 0 Å². The molecule has 0 saturated carbocycles. The number of hydrogen-bond donors (Lipinski definition) is 0. The van der Waals surface area contributed by atoms with E-state index in [1.807, 2.05) is 42.6 Å². The van der Waals surface area contributed by atoms with E-state index in [2.05, 4.69) is 209 Å². The molecule has 0 bridgehead atoms. The van der Waals surface area contributed by atoms with E-state index in [4.69, 9.17) is 9.40 Å². The SMILES string of the molecule is CC(C)(C)c1ccnc(-c2[c-]cccc2)n1.CC(C)c1cc(-c2ccccc2)cc(C(C)C)c1-n1c(-c2[c-]ccc3c2oc2cc4c(ccc5ccccc54)cc23)nc2cc3ccccc3cc21.[Ir]. The van der Waals surface area contributed by atoms with Gasteiger partial charge in [0.15, 0.2) is 0 Å². The molecule has 0 N–H and O–H groups in total. The molecular weight excluding hydrogens is 1020 g/mol. The molecule has 3 aromatic heterocycles. The molecule has 3 heterocycles. The van der Waals surface area contributed by atoms with Crippen LogP contribution in [0.25, 0.3) is 105 Å². The van der Waals surface area contributed by atoms with Crippen molar-refractivity contribution in [2.24, 2.45) is 0 Å². The molecule has 9 aromatic carbocycles. The fraction of sp³-hybridized carbons (Fsp3) is 0.159. The first-order valence-electron chi connectivity index (χ1n) is 23.6. The number of furan rings is 1. The van der Waals surface area contributed by atoms with E-state index in [0.29, 0.717) is 0 Å². The summed E-state index contributed by atoms with van der Waals surface area (Å²) in [6, 6.07) is 66.7. The minimum absolute atomic E-state index is 0. The molecule has 0 amide bonds. The molecule has 5 nitrogen and oxygen atoms in total. The van der Waals surface area contributed by atoms with Gasteiger partial charge >= 0.3 is 0 Å². The minimum atomic E-state index is 0. The molecule has 0 aliphatic heterocycles. The largest absolute Gasteiger partial charge is 0.501 e. The monoisotopic (exact) mass is 1070 g/mol. The summed E-state index contributed by atoms with van der Waals surface area (Å²) in [7, 11) is 0. The van der Waals surface area contributed by atoms with E-state index in [-0.39, 0.29) is 37.4 Å². The van der Waals surface area contributed by atoms with E-state index in [1.54, 1.807) is 0 Å². The molecule has 12 aromatic rings. The van der Waals surface area contributed by atoms with Crippen molar-refractivity contribution >= 4 is 65.3 Å². The second kappa shape index (κ2) is 18.3. The van der Waals surface area contributed by atoms with Gasteiger partial charge in [0.25, 0.3) is 0 Å². The molecule has 6 heteroatoms. The predicted octanol–water partition coefficient (Wildman–Crippen LogP) is 17.0. The van der Waals surface area contributed by atoms with Crippen molar-refractivity contribution in [3.05, 3.63) is 205 Å². The zero-order valence-electron chi connectivity index (χ0n) is 39.9. The van der Waals surface area contributed by atoms with Crippen LogP contribution in [0.3, 0.4) is 0 Å². The van der Waals surface area contributed by atoms with Gasteiger partial charge in [-0.3, -0.25) is 15.0 Å². The summed E-state index contributed by atoms with van der Waals surface area (Å²) < 4.78 is 9.31. The second-order valence-corrected chi connectivity index (χ2v) is 19.5. The smallest absolute Gasteiger partial charge is 0.121 e. The van der Waals surface area contributed by atoms with E-state index in [9.17, 15) is 0 Å². The Morgan fingerprint density at radius 1 is 0.551 bits per heavy atom. The van der Waals surface area contributed by atoms with E-state index < -0.39 is 0 Å². The number of imidazole rings is 1. The Balaban J connectivity index is 0.000000277. The molecule has 0 atom stereocenters. The quantitative estimate of drug-likeness (QED) is 0.123. The maximum Gasteiger partial charge on any atom is 0.121 e. The van der Waals surface area contributed by atoms with Gasteiger partial charge < -0.3 is 8.98 Å². The minimum Gasteiger partial charge on any atom is -0.501 e. The van der Waals surface area contributed by atoms with Gasteiger partial charge in [-0.1, -0.05) is 150 Å². The Labute approximate surface area is 417 Å². The molecule has 69 heavy (non-hydrogen) atoms. The topological polar surface area (TPSA) is 56.7 Å². The number of nitrogens with zero attached hydrogens (tertiary/aromatic N) is 4. The van der Waals surface area contributed by atoms with Gasteiger partial charge in [-0.05, 0) is 109 Å². The maximum atomic E-state index is 6.91. The van der Waals surface area contributed by atoms with Crippen LogP contribution < -0.4 is 0 Å². The van der Waals surface area contributed by atoms with Gasteiger partial charge in [-0.15, -0.1) is 54.1 Å². The van der Waals surface area contributed by atoms with Crippen LogP contribution >= 0.6 is 0 Å². The number of hydrogen-bond acceptors (Lipinski definition) is 4. The van der Waals surface area contributed by atoms with Crippen LogP contribution in [0.2, 0.25) is 0 Å². The van der Waals surface area contributed by atoms with Crippen LogP contribution in [-0.2, 0) is 25.5 Å². The van der Waals surface area contributed by atoms with Crippen LogP contribution in [0.5, 0.6) is 0 Å². The number of aromatic nitrogens is 4. The molecule has 341 valence electrons. The first-order chi connectivity index (χ1) is 33.0. The zero-order chi connectivity index (χ0) is 46.7. The first-order valence-corrected chi connectivity index (χ1v) is 23.6. The molecule has 0 fully saturated rings. The van der Waals surface area contributed by atoms with Crippen LogP contribution in [0.4, 0.5) is 0 Å². The first kappa shape index (κ1) is 45.5. The third-order valence-electron chi connectivity index (χ3n) is 13.2. The van der Waals surface area contributed by atoms with Gasteiger partial charge in [0, 0.05) is 48.5 Å². The van der Waals surface area contributed by atoms with Crippen molar-refractivity contribution in [1.82, 2.24) is 19.5 Å². The summed E-state index contributed by atoms with van der Waals surface area (Å²) in [5, 5.41) is 9.36. The average molecular weight is 1070 g/mol. The molecule has 0 saturated heterocycles. The fourth-order valence-electron chi connectivity index (χ4n) is 9.62. The van der Waals surface area contributed by atoms with Gasteiger partial charge in [-0.2, -0.15) is 0 Å². The number of fused-ring (bicyclic) bond motifs is 8. The normalized spacial score (nSPS) is 11.8. The summed E-state index contributed by atoms with van der Waals surface area (Å²) in [4.78, 5) is 14.3. The van der Waals surface area contributed by atoms with Gasteiger partial charge in [0.05, 0.1) is 28.3 Å². The molecule has 1 radical (unpaired) electrons. The standard InChI is InChI=1S/C49H37N2O.C14H15N2.Ir/c1-29(2)40-24-36(31-13-6-5-7-14-31)25-41(30(3)4)47(40)51-45-27-34-17-9-8-16-33(34)26-44(45)50-49(51)39-20-12-19-38-43-23-35-22-21-32-15-10-11-18-37(32)42(35)28-46(43)52-48(38)39;1-14(2,3)12-9-10-15-13(16-12)11-7-5-4-6-8-11;/h5-19,21-30H,1-4H3;4-7,9-10H,1-3H3;/q2*-1;. The zero-order valence-corrected chi connectivity index (χ0v) is 42.3. The van der Waals surface area contributed by atoms with Crippen molar-refractivity contribution in [2.45, 2.75) is 65.7 Å². The number of rotatable bonds is 6. The Bertz CT molecular complexity index is 3810. The molecule has 0 spiro atoms. The van der Waals surface area contributed by atoms with Crippen LogP contribution in [-0.4, -0.2) is 19.5 Å². The molecule has 12 rings (SSSR count). The summed E-state index contributed by atoms with van der Waals surface area (Å²) in [5.74, 6) is 2.10. The Kier molecular flexibility index (Phi) is 12.1. The van der Waals surface area contributed by atoms with Gasteiger partial charge in [0.1, 0.15) is 5.58 Å². The molecule has 0 unspecified atom stereocenters. The summed E-state index contributed by atoms with van der Waals surface area (Å²) in [6.45, 7) is 15.6. The van der Waals surface area contributed by atoms with Gasteiger partial charge in [0.2, 0.25) is 0 Å². The van der Waals surface area contributed by atoms with Crippen LogP contribution in [0.1, 0.15) is 77.1 Å². The van der Waals surface area contributed by atoms with Crippen molar-refractivity contribution in [2.75, 3.05) is 0 Å². The third kappa shape index (κ3) is 8.43. The van der Waals surface area contributed by atoms with E-state index in [1.165, 1.54) is 60.3 Å².